The van der Waals surface area contributed by atoms with E-state index < -0.39 is 0 Å². The van der Waals surface area contributed by atoms with E-state index in [1.807, 2.05) is 22.9 Å². The third-order valence-corrected chi connectivity index (χ3v) is 4.17. The number of rotatable bonds is 7. The largest absolute Gasteiger partial charge is 0.337 e. The Kier molecular flexibility index (Phi) is 5.58. The lowest BCUT2D eigenvalue weighted by atomic mass is 10.2. The normalized spacial score (nSPS) is 10.7. The standard InChI is InChI=1S/C19H21N5O2/c1-22-10-2-4-17(18(22)25)19(26)24(14-16-5-7-20-8-6-16)12-3-11-23-13-9-21-15-23/h2,4-10,13,15H,3,11-12,14H2,1H3. The molecule has 0 radical (unpaired) electrons. The van der Waals surface area contributed by atoms with E-state index in [0.717, 1.165) is 18.5 Å². The number of aromatic nitrogens is 4. The average molecular weight is 351 g/mol. The fourth-order valence-electron chi connectivity index (χ4n) is 2.75. The van der Waals surface area contributed by atoms with Crippen molar-refractivity contribution in [1.82, 2.24) is 24.0 Å². The number of amides is 1. The monoisotopic (exact) mass is 351 g/mol. The van der Waals surface area contributed by atoms with Crippen LogP contribution in [0.2, 0.25) is 0 Å². The Balaban J connectivity index is 1.78. The number of aryl methyl sites for hydroxylation is 2. The summed E-state index contributed by atoms with van der Waals surface area (Å²) >= 11 is 0. The summed E-state index contributed by atoms with van der Waals surface area (Å²) in [5, 5.41) is 0. The smallest absolute Gasteiger partial charge is 0.263 e. The highest BCUT2D eigenvalue weighted by Crippen LogP contribution is 2.09. The van der Waals surface area contributed by atoms with Gasteiger partial charge in [-0.1, -0.05) is 0 Å². The van der Waals surface area contributed by atoms with Gasteiger partial charge in [-0.25, -0.2) is 4.98 Å². The molecule has 1 amide bonds. The molecule has 0 aliphatic carbocycles. The summed E-state index contributed by atoms with van der Waals surface area (Å²) in [6.07, 6.45) is 11.2. The lowest BCUT2D eigenvalue weighted by molar-refractivity contribution is 0.0736. The summed E-state index contributed by atoms with van der Waals surface area (Å²) in [6, 6.07) is 7.04. The van der Waals surface area contributed by atoms with Crippen LogP contribution in [0.15, 0.2) is 66.4 Å². The van der Waals surface area contributed by atoms with Crippen LogP contribution >= 0.6 is 0 Å². The fraction of sp³-hybridized carbons (Fsp3) is 0.263. The minimum atomic E-state index is -0.285. The van der Waals surface area contributed by atoms with Gasteiger partial charge in [-0.05, 0) is 36.2 Å². The van der Waals surface area contributed by atoms with Crippen LogP contribution in [0.4, 0.5) is 0 Å². The van der Waals surface area contributed by atoms with E-state index in [1.165, 1.54) is 4.57 Å². The zero-order chi connectivity index (χ0) is 18.4. The van der Waals surface area contributed by atoms with Crippen molar-refractivity contribution >= 4 is 5.91 Å². The third-order valence-electron chi connectivity index (χ3n) is 4.17. The van der Waals surface area contributed by atoms with Gasteiger partial charge >= 0.3 is 0 Å². The Labute approximate surface area is 151 Å². The van der Waals surface area contributed by atoms with Gasteiger partial charge in [0.15, 0.2) is 0 Å². The lowest BCUT2D eigenvalue weighted by Gasteiger charge is -2.23. The van der Waals surface area contributed by atoms with Crippen LogP contribution in [-0.4, -0.2) is 36.5 Å². The van der Waals surface area contributed by atoms with Crippen molar-refractivity contribution < 1.29 is 4.79 Å². The molecule has 3 heterocycles. The van der Waals surface area contributed by atoms with Crippen molar-refractivity contribution in [3.05, 3.63) is 83.1 Å². The Bertz CT molecular complexity index is 903. The Morgan fingerprint density at radius 3 is 2.65 bits per heavy atom. The molecule has 0 atom stereocenters. The average Bonchev–Trinajstić information content (AvgIpc) is 3.17. The lowest BCUT2D eigenvalue weighted by Crippen LogP contribution is -2.36. The van der Waals surface area contributed by atoms with Crippen LogP contribution in [0.3, 0.4) is 0 Å². The minimum Gasteiger partial charge on any atom is -0.337 e. The van der Waals surface area contributed by atoms with Gasteiger partial charge in [-0.3, -0.25) is 14.6 Å². The summed E-state index contributed by atoms with van der Waals surface area (Å²) in [5.74, 6) is -0.256. The quantitative estimate of drug-likeness (QED) is 0.650. The van der Waals surface area contributed by atoms with Gasteiger partial charge in [0, 0.05) is 57.7 Å². The molecule has 0 saturated carbocycles. The zero-order valence-corrected chi connectivity index (χ0v) is 14.7. The van der Waals surface area contributed by atoms with Gasteiger partial charge in [0.2, 0.25) is 0 Å². The van der Waals surface area contributed by atoms with Crippen LogP contribution < -0.4 is 5.56 Å². The van der Waals surface area contributed by atoms with Gasteiger partial charge in [-0.15, -0.1) is 0 Å². The van der Waals surface area contributed by atoms with Gasteiger partial charge < -0.3 is 14.0 Å². The molecule has 26 heavy (non-hydrogen) atoms. The fourth-order valence-corrected chi connectivity index (χ4v) is 2.75. The van der Waals surface area contributed by atoms with Crippen LogP contribution in [0.1, 0.15) is 22.3 Å². The molecule has 134 valence electrons. The maximum Gasteiger partial charge on any atom is 0.263 e. The SMILES string of the molecule is Cn1cccc(C(=O)N(CCCn2ccnc2)Cc2ccncc2)c1=O. The first-order valence-electron chi connectivity index (χ1n) is 8.44. The molecule has 0 spiro atoms. The number of pyridine rings is 2. The molecule has 0 N–H and O–H groups in total. The Morgan fingerprint density at radius 2 is 1.92 bits per heavy atom. The van der Waals surface area contributed by atoms with Crippen molar-refractivity contribution in [3.63, 3.8) is 0 Å². The van der Waals surface area contributed by atoms with E-state index in [-0.39, 0.29) is 17.0 Å². The van der Waals surface area contributed by atoms with Crippen LogP contribution in [0.5, 0.6) is 0 Å². The molecule has 3 aromatic rings. The second kappa shape index (κ2) is 8.24. The predicted octanol–water partition coefficient (Wildman–Crippen LogP) is 1.71. The highest BCUT2D eigenvalue weighted by molar-refractivity contribution is 5.93. The van der Waals surface area contributed by atoms with Crippen molar-refractivity contribution in [3.8, 4) is 0 Å². The van der Waals surface area contributed by atoms with Crippen LogP contribution in [0.25, 0.3) is 0 Å². The van der Waals surface area contributed by atoms with E-state index in [4.69, 9.17) is 0 Å². The van der Waals surface area contributed by atoms with E-state index >= 15 is 0 Å². The summed E-state index contributed by atoms with van der Waals surface area (Å²) in [7, 11) is 1.64. The number of hydrogen-bond acceptors (Lipinski definition) is 4. The van der Waals surface area contributed by atoms with E-state index in [9.17, 15) is 9.59 Å². The molecule has 0 unspecified atom stereocenters. The number of imidazole rings is 1. The van der Waals surface area contributed by atoms with Crippen molar-refractivity contribution in [1.29, 1.82) is 0 Å². The Morgan fingerprint density at radius 1 is 1.12 bits per heavy atom. The van der Waals surface area contributed by atoms with Crippen molar-refractivity contribution in [2.24, 2.45) is 7.05 Å². The van der Waals surface area contributed by atoms with Crippen molar-refractivity contribution in [2.75, 3.05) is 6.54 Å². The molecular formula is C19H21N5O2. The molecular weight excluding hydrogens is 330 g/mol. The maximum atomic E-state index is 13.0. The maximum absolute atomic E-state index is 13.0. The molecule has 0 aliphatic heterocycles. The number of carbonyl (C=O) groups is 1. The summed E-state index contributed by atoms with van der Waals surface area (Å²) < 4.78 is 3.39. The van der Waals surface area contributed by atoms with E-state index in [0.29, 0.717) is 13.1 Å². The number of nitrogens with zero attached hydrogens (tertiary/aromatic N) is 5. The van der Waals surface area contributed by atoms with Crippen molar-refractivity contribution in [2.45, 2.75) is 19.5 Å². The Hall–Kier alpha value is -3.22. The molecule has 0 bridgehead atoms. The number of hydrogen-bond donors (Lipinski definition) is 0. The van der Waals surface area contributed by atoms with Crippen LogP contribution in [-0.2, 0) is 20.1 Å². The summed E-state index contributed by atoms with van der Waals surface area (Å²) in [6.45, 7) is 1.73. The van der Waals surface area contributed by atoms with Gasteiger partial charge in [0.05, 0.1) is 6.33 Å². The number of carbonyl (C=O) groups excluding carboxylic acids is 1. The molecule has 0 fully saturated rings. The minimum absolute atomic E-state index is 0.187. The topological polar surface area (TPSA) is 73.0 Å². The van der Waals surface area contributed by atoms with E-state index in [2.05, 4.69) is 9.97 Å². The molecule has 0 saturated heterocycles. The van der Waals surface area contributed by atoms with E-state index in [1.54, 1.807) is 55.2 Å². The first-order valence-corrected chi connectivity index (χ1v) is 8.44. The zero-order valence-electron chi connectivity index (χ0n) is 14.7. The first-order chi connectivity index (χ1) is 12.6. The molecule has 3 rings (SSSR count). The second-order valence-electron chi connectivity index (χ2n) is 6.07. The van der Waals surface area contributed by atoms with Crippen LogP contribution in [0, 0.1) is 0 Å². The van der Waals surface area contributed by atoms with Gasteiger partial charge in [0.25, 0.3) is 11.5 Å². The molecule has 7 nitrogen and oxygen atoms in total. The predicted molar refractivity (Wildman–Crippen MR) is 97.5 cm³/mol. The highest BCUT2D eigenvalue weighted by atomic mass is 16.2. The molecule has 7 heteroatoms. The molecule has 3 aromatic heterocycles. The first kappa shape index (κ1) is 17.6. The summed E-state index contributed by atoms with van der Waals surface area (Å²) in [5.41, 5.74) is 0.877. The second-order valence-corrected chi connectivity index (χ2v) is 6.07. The molecule has 0 aromatic carbocycles. The highest BCUT2D eigenvalue weighted by Gasteiger charge is 2.19. The molecule has 0 aliphatic rings. The van der Waals surface area contributed by atoms with Gasteiger partial charge in [-0.2, -0.15) is 0 Å². The third kappa shape index (κ3) is 4.24. The summed E-state index contributed by atoms with van der Waals surface area (Å²) in [4.78, 5) is 35.1. The van der Waals surface area contributed by atoms with Gasteiger partial charge in [0.1, 0.15) is 5.56 Å².